The number of pyridine rings is 1. The van der Waals surface area contributed by atoms with Crippen molar-refractivity contribution in [3.63, 3.8) is 0 Å². The number of hydrogen-bond acceptors (Lipinski definition) is 2. The molecule has 4 aromatic rings. The molecule has 4 rings (SSSR count). The first kappa shape index (κ1) is 18.6. The Morgan fingerprint density at radius 1 is 0.643 bits per heavy atom. The van der Waals surface area contributed by atoms with Crippen LogP contribution < -0.4 is 0 Å². The lowest BCUT2D eigenvalue weighted by atomic mass is 10.0. The molecular weight excluding hydrogens is 410 g/mol. The normalized spacial score (nSPS) is 10.8. The molecule has 28 heavy (non-hydrogen) atoms. The van der Waals surface area contributed by atoms with Crippen molar-refractivity contribution in [2.45, 2.75) is 13.2 Å². The van der Waals surface area contributed by atoms with Gasteiger partial charge in [-0.2, -0.15) is 0 Å². The second-order valence-electron chi connectivity index (χ2n) is 6.54. The molecule has 0 spiro atoms. The zero-order chi connectivity index (χ0) is 19.2. The zero-order valence-corrected chi connectivity index (χ0v) is 17.0. The maximum Gasteiger partial charge on any atom is 0.0851 e. The van der Waals surface area contributed by atoms with Crippen molar-refractivity contribution in [1.29, 1.82) is 0 Å². The van der Waals surface area contributed by atoms with Gasteiger partial charge in [-0.15, -0.1) is 0 Å². The minimum absolute atomic E-state index is 0.500. The number of aromatic nitrogens is 1. The van der Waals surface area contributed by atoms with Gasteiger partial charge >= 0.3 is 0 Å². The fourth-order valence-electron chi connectivity index (χ4n) is 3.13. The minimum atomic E-state index is 0.500. The van der Waals surface area contributed by atoms with E-state index in [1.54, 1.807) is 0 Å². The van der Waals surface area contributed by atoms with Gasteiger partial charge in [0.05, 0.1) is 24.6 Å². The lowest BCUT2D eigenvalue weighted by Gasteiger charge is -2.14. The van der Waals surface area contributed by atoms with Crippen molar-refractivity contribution in [2.75, 3.05) is 0 Å². The summed E-state index contributed by atoms with van der Waals surface area (Å²) >= 11 is 3.71. The molecule has 1 aromatic heterocycles. The van der Waals surface area contributed by atoms with Gasteiger partial charge in [-0.25, -0.2) is 4.98 Å². The maximum absolute atomic E-state index is 6.01. The van der Waals surface area contributed by atoms with E-state index in [2.05, 4.69) is 58.4 Å². The molecule has 0 amide bonds. The van der Waals surface area contributed by atoms with Crippen LogP contribution in [0.1, 0.15) is 11.1 Å². The third-order valence-corrected chi connectivity index (χ3v) is 5.12. The molecule has 2 nitrogen and oxygen atoms in total. The predicted molar refractivity (Wildman–Crippen MR) is 118 cm³/mol. The van der Waals surface area contributed by atoms with Crippen LogP contribution in [-0.2, 0) is 18.0 Å². The van der Waals surface area contributed by atoms with E-state index < -0.39 is 0 Å². The highest BCUT2D eigenvalue weighted by molar-refractivity contribution is 9.10. The van der Waals surface area contributed by atoms with Gasteiger partial charge in [-0.1, -0.05) is 91.0 Å². The Morgan fingerprint density at radius 2 is 1.18 bits per heavy atom. The first-order chi connectivity index (χ1) is 13.8. The molecular formula is C25H20BrNO. The molecule has 3 heteroatoms. The van der Waals surface area contributed by atoms with Gasteiger partial charge in [0, 0.05) is 21.2 Å². The summed E-state index contributed by atoms with van der Waals surface area (Å²) in [5, 5.41) is 0. The number of nitrogens with zero attached hydrogens (tertiary/aromatic N) is 1. The third kappa shape index (κ3) is 4.38. The highest BCUT2D eigenvalue weighted by Gasteiger charge is 2.14. The Balaban J connectivity index is 1.67. The molecule has 0 unspecified atom stereocenters. The van der Waals surface area contributed by atoms with E-state index in [9.17, 15) is 0 Å². The van der Waals surface area contributed by atoms with E-state index in [-0.39, 0.29) is 0 Å². The van der Waals surface area contributed by atoms with Crippen LogP contribution in [0.3, 0.4) is 0 Å². The van der Waals surface area contributed by atoms with E-state index in [1.807, 2.05) is 54.6 Å². The SMILES string of the molecule is Brc1cc(COCc2ccccc2)c(-c2ccccc2)nc1-c1ccccc1. The Bertz CT molecular complexity index is 1030. The maximum atomic E-state index is 6.01. The number of benzene rings is 3. The Hall–Kier alpha value is -2.75. The lowest BCUT2D eigenvalue weighted by Crippen LogP contribution is -2.00. The van der Waals surface area contributed by atoms with Gasteiger partial charge in [-0.3, -0.25) is 0 Å². The largest absolute Gasteiger partial charge is 0.372 e. The van der Waals surface area contributed by atoms with Crippen LogP contribution in [-0.4, -0.2) is 4.98 Å². The summed E-state index contributed by atoms with van der Waals surface area (Å²) in [5.41, 5.74) is 6.29. The highest BCUT2D eigenvalue weighted by atomic mass is 79.9. The molecule has 0 aliphatic rings. The van der Waals surface area contributed by atoms with Gasteiger partial charge in [0.15, 0.2) is 0 Å². The topological polar surface area (TPSA) is 22.1 Å². The molecule has 0 saturated heterocycles. The quantitative estimate of drug-likeness (QED) is 0.332. The van der Waals surface area contributed by atoms with Gasteiger partial charge in [0.2, 0.25) is 0 Å². The summed E-state index contributed by atoms with van der Waals surface area (Å²) in [7, 11) is 0. The van der Waals surface area contributed by atoms with Crippen molar-refractivity contribution in [3.8, 4) is 22.5 Å². The molecule has 0 fully saturated rings. The van der Waals surface area contributed by atoms with Crippen molar-refractivity contribution < 1.29 is 4.74 Å². The van der Waals surface area contributed by atoms with Crippen LogP contribution in [0.5, 0.6) is 0 Å². The summed E-state index contributed by atoms with van der Waals surface area (Å²) in [6.45, 7) is 1.08. The fraction of sp³-hybridized carbons (Fsp3) is 0.0800. The molecule has 138 valence electrons. The predicted octanol–water partition coefficient (Wildman–Crippen LogP) is 6.89. The average Bonchev–Trinajstić information content (AvgIpc) is 2.76. The highest BCUT2D eigenvalue weighted by Crippen LogP contribution is 2.33. The van der Waals surface area contributed by atoms with Crippen molar-refractivity contribution in [3.05, 3.63) is 113 Å². The van der Waals surface area contributed by atoms with E-state index in [0.717, 1.165) is 38.1 Å². The molecule has 0 N–H and O–H groups in total. The van der Waals surface area contributed by atoms with Crippen LogP contribution in [0.2, 0.25) is 0 Å². The number of hydrogen-bond donors (Lipinski definition) is 0. The smallest absolute Gasteiger partial charge is 0.0851 e. The Kier molecular flexibility index (Phi) is 5.95. The van der Waals surface area contributed by atoms with Crippen LogP contribution in [0, 0.1) is 0 Å². The summed E-state index contributed by atoms with van der Waals surface area (Å²) < 4.78 is 6.98. The fourth-order valence-corrected chi connectivity index (χ4v) is 3.73. The third-order valence-electron chi connectivity index (χ3n) is 4.52. The molecule has 3 aromatic carbocycles. The average molecular weight is 430 g/mol. The minimum Gasteiger partial charge on any atom is -0.372 e. The molecule has 0 bridgehead atoms. The Morgan fingerprint density at radius 3 is 1.79 bits per heavy atom. The first-order valence-electron chi connectivity index (χ1n) is 9.23. The van der Waals surface area contributed by atoms with Gasteiger partial charge in [0.1, 0.15) is 0 Å². The van der Waals surface area contributed by atoms with Crippen LogP contribution in [0.25, 0.3) is 22.5 Å². The van der Waals surface area contributed by atoms with Crippen molar-refractivity contribution in [1.82, 2.24) is 4.98 Å². The molecule has 0 saturated carbocycles. The first-order valence-corrected chi connectivity index (χ1v) is 10.0. The van der Waals surface area contributed by atoms with E-state index in [4.69, 9.17) is 9.72 Å². The van der Waals surface area contributed by atoms with Gasteiger partial charge < -0.3 is 4.74 Å². The van der Waals surface area contributed by atoms with Crippen molar-refractivity contribution in [2.24, 2.45) is 0 Å². The van der Waals surface area contributed by atoms with Crippen LogP contribution >= 0.6 is 15.9 Å². The summed E-state index contributed by atoms with van der Waals surface area (Å²) in [5.74, 6) is 0. The van der Waals surface area contributed by atoms with Crippen molar-refractivity contribution >= 4 is 15.9 Å². The second-order valence-corrected chi connectivity index (χ2v) is 7.39. The summed E-state index contributed by atoms with van der Waals surface area (Å²) in [6.07, 6.45) is 0. The summed E-state index contributed by atoms with van der Waals surface area (Å²) in [6, 6.07) is 32.8. The van der Waals surface area contributed by atoms with Crippen LogP contribution in [0.4, 0.5) is 0 Å². The number of ether oxygens (including phenoxy) is 1. The summed E-state index contributed by atoms with van der Waals surface area (Å²) in [4.78, 5) is 5.01. The number of halogens is 1. The van der Waals surface area contributed by atoms with Gasteiger partial charge in [0.25, 0.3) is 0 Å². The molecule has 1 heterocycles. The van der Waals surface area contributed by atoms with E-state index >= 15 is 0 Å². The molecule has 0 aliphatic heterocycles. The van der Waals surface area contributed by atoms with Crippen LogP contribution in [0.15, 0.2) is 102 Å². The van der Waals surface area contributed by atoms with Gasteiger partial charge in [-0.05, 0) is 27.6 Å². The van der Waals surface area contributed by atoms with E-state index in [1.165, 1.54) is 0 Å². The lowest BCUT2D eigenvalue weighted by molar-refractivity contribution is 0.107. The molecule has 0 atom stereocenters. The molecule has 0 radical (unpaired) electrons. The molecule has 0 aliphatic carbocycles. The van der Waals surface area contributed by atoms with E-state index in [0.29, 0.717) is 13.2 Å². The number of rotatable bonds is 6. The standard InChI is InChI=1S/C25H20BrNO/c26-23-16-22(18-28-17-19-10-4-1-5-11-19)24(20-12-6-2-7-13-20)27-25(23)21-14-8-3-9-15-21/h1-16H,17-18H2. The zero-order valence-electron chi connectivity index (χ0n) is 15.4. The Labute approximate surface area is 174 Å². The second kappa shape index (κ2) is 8.96. The monoisotopic (exact) mass is 429 g/mol.